The molecule has 1 aliphatic carbocycles. The number of ether oxygens (including phenoxy) is 1. The van der Waals surface area contributed by atoms with Crippen molar-refractivity contribution in [3.8, 4) is 0 Å². The van der Waals surface area contributed by atoms with Crippen LogP contribution in [0.2, 0.25) is 0 Å². The van der Waals surface area contributed by atoms with Crippen LogP contribution in [0, 0.1) is 29.1 Å². The predicted molar refractivity (Wildman–Crippen MR) is 217 cm³/mol. The maximum atomic E-state index is 15.1. The summed E-state index contributed by atoms with van der Waals surface area (Å²) in [6, 6.07) is -0.226. The Balaban J connectivity index is 3.62. The second-order valence-corrected chi connectivity index (χ2v) is 16.9. The van der Waals surface area contributed by atoms with Gasteiger partial charge in [-0.25, -0.2) is 0 Å². The summed E-state index contributed by atoms with van der Waals surface area (Å²) >= 11 is 13.7. The summed E-state index contributed by atoms with van der Waals surface area (Å²) in [7, 11) is 1.67. The van der Waals surface area contributed by atoms with Gasteiger partial charge in [-0.05, 0) is 92.3 Å². The Morgan fingerprint density at radius 2 is 1.72 bits per heavy atom. The van der Waals surface area contributed by atoms with Crippen molar-refractivity contribution in [3.05, 3.63) is 57.9 Å². The summed E-state index contributed by atoms with van der Waals surface area (Å²) in [6.45, 7) is 26.3. The highest BCUT2D eigenvalue weighted by Gasteiger charge is 2.40. The number of amides is 1. The summed E-state index contributed by atoms with van der Waals surface area (Å²) in [5, 5.41) is 0.851. The molecule has 1 amide bonds. The molecule has 0 spiro atoms. The van der Waals surface area contributed by atoms with Gasteiger partial charge in [0, 0.05) is 24.0 Å². The number of rotatable bonds is 21. The van der Waals surface area contributed by atoms with Crippen molar-refractivity contribution in [2.75, 3.05) is 13.7 Å². The molecule has 1 rings (SSSR count). The minimum absolute atomic E-state index is 0.0246. The van der Waals surface area contributed by atoms with Crippen LogP contribution in [0.3, 0.4) is 0 Å². The van der Waals surface area contributed by atoms with Crippen molar-refractivity contribution in [1.29, 1.82) is 0 Å². The van der Waals surface area contributed by atoms with E-state index in [0.717, 1.165) is 63.2 Å². The van der Waals surface area contributed by atoms with E-state index in [2.05, 4.69) is 64.9 Å². The summed E-state index contributed by atoms with van der Waals surface area (Å²) in [5.41, 5.74) is 2.07. The van der Waals surface area contributed by atoms with Crippen LogP contribution >= 0.6 is 23.2 Å². The average Bonchev–Trinajstić information content (AvgIpc) is 3.06. The van der Waals surface area contributed by atoms with E-state index in [1.165, 1.54) is 12.8 Å². The molecule has 1 saturated carbocycles. The SMILES string of the molecule is C=C/C(=C\C=C(\C=O)CC)C(CCC(C)(C)C)N(C(=O)C(=NC)C(C)/C(Cl)=C\C(Cl)=C(/C)OCCCCCC(C)C)C1CC(C)CC(CC)C1. The molecule has 0 heterocycles. The highest BCUT2D eigenvalue weighted by atomic mass is 35.5. The van der Waals surface area contributed by atoms with Gasteiger partial charge in [-0.2, -0.15) is 0 Å². The number of nitrogens with zero attached hydrogens (tertiary/aromatic N) is 2. The summed E-state index contributed by atoms with van der Waals surface area (Å²) in [6.07, 6.45) is 19.2. The Kier molecular flexibility index (Phi) is 21.5. The zero-order valence-electron chi connectivity index (χ0n) is 33.4. The fourth-order valence-corrected chi connectivity index (χ4v) is 7.28. The third kappa shape index (κ3) is 16.1. The van der Waals surface area contributed by atoms with Gasteiger partial charge in [0.25, 0.3) is 5.91 Å². The normalized spacial score (nSPS) is 21.4. The van der Waals surface area contributed by atoms with Crippen LogP contribution in [0.25, 0.3) is 0 Å². The number of allylic oxidation sites excluding steroid dienone is 7. The standard InChI is InChI=1S/C43H70Cl2N2O3/c1-13-34(29-48)20-21-36(15-3)40(22-23-43(9,10)11)47(37-26-31(6)25-35(14-2)27-37)42(49)41(46-12)32(7)38(44)28-39(45)33(8)50-24-18-16-17-19-30(4)5/h15,20-21,28-32,35,37,40H,3,13-14,16-19,22-27H2,1-2,4-12H3/b34-20+,36-21+,38-28+,39-33-,46-41?. The first-order valence-electron chi connectivity index (χ1n) is 19.2. The summed E-state index contributed by atoms with van der Waals surface area (Å²) in [5.74, 6) is 1.74. The molecule has 0 aromatic heterocycles. The number of aliphatic imine (C=N–C) groups is 1. The molecule has 50 heavy (non-hydrogen) atoms. The lowest BCUT2D eigenvalue weighted by Crippen LogP contribution is -2.54. The molecule has 7 heteroatoms. The second kappa shape index (κ2) is 23.5. The highest BCUT2D eigenvalue weighted by Crippen LogP contribution is 2.38. The van der Waals surface area contributed by atoms with E-state index in [0.29, 0.717) is 57.9 Å². The van der Waals surface area contributed by atoms with Crippen LogP contribution in [0.5, 0.6) is 0 Å². The molecule has 0 aromatic rings. The first kappa shape index (κ1) is 45.9. The first-order chi connectivity index (χ1) is 23.5. The average molecular weight is 734 g/mol. The maximum Gasteiger partial charge on any atom is 0.269 e. The molecular weight excluding hydrogens is 663 g/mol. The molecule has 0 N–H and O–H groups in total. The van der Waals surface area contributed by atoms with Gasteiger partial charge in [0.2, 0.25) is 0 Å². The topological polar surface area (TPSA) is 59.0 Å². The van der Waals surface area contributed by atoms with Gasteiger partial charge in [-0.15, -0.1) is 0 Å². The van der Waals surface area contributed by atoms with E-state index in [4.69, 9.17) is 27.9 Å². The van der Waals surface area contributed by atoms with Gasteiger partial charge in [-0.3, -0.25) is 14.6 Å². The Labute approximate surface area is 316 Å². The fraction of sp³-hybridized carbons (Fsp3) is 0.698. The number of unbranched alkanes of at least 4 members (excludes halogenated alkanes) is 2. The first-order valence-corrected chi connectivity index (χ1v) is 19.9. The lowest BCUT2D eigenvalue weighted by atomic mass is 9.76. The Morgan fingerprint density at radius 3 is 2.26 bits per heavy atom. The van der Waals surface area contributed by atoms with E-state index in [-0.39, 0.29) is 23.4 Å². The molecule has 0 saturated heterocycles. The van der Waals surface area contributed by atoms with Crippen LogP contribution in [0.15, 0.2) is 62.8 Å². The van der Waals surface area contributed by atoms with Gasteiger partial charge in [0.15, 0.2) is 0 Å². The molecule has 0 bridgehead atoms. The summed E-state index contributed by atoms with van der Waals surface area (Å²) < 4.78 is 5.95. The van der Waals surface area contributed by atoms with Crippen molar-refractivity contribution < 1.29 is 14.3 Å². The third-order valence-electron chi connectivity index (χ3n) is 10.0. The Morgan fingerprint density at radius 1 is 1.04 bits per heavy atom. The summed E-state index contributed by atoms with van der Waals surface area (Å²) in [4.78, 5) is 33.5. The largest absolute Gasteiger partial charge is 0.497 e. The van der Waals surface area contributed by atoms with Crippen LogP contribution in [-0.2, 0) is 14.3 Å². The van der Waals surface area contributed by atoms with Crippen LogP contribution in [-0.4, -0.2) is 48.5 Å². The van der Waals surface area contributed by atoms with Crippen molar-refractivity contribution >= 4 is 41.1 Å². The number of halogens is 2. The molecule has 5 unspecified atom stereocenters. The zero-order chi connectivity index (χ0) is 38.0. The van der Waals surface area contributed by atoms with Crippen LogP contribution in [0.4, 0.5) is 0 Å². The van der Waals surface area contributed by atoms with E-state index < -0.39 is 5.92 Å². The molecule has 1 fully saturated rings. The lowest BCUT2D eigenvalue weighted by molar-refractivity contribution is -0.130. The van der Waals surface area contributed by atoms with Crippen molar-refractivity contribution in [3.63, 3.8) is 0 Å². The number of hydrogen-bond donors (Lipinski definition) is 0. The smallest absolute Gasteiger partial charge is 0.269 e. The molecule has 284 valence electrons. The van der Waals surface area contributed by atoms with Crippen molar-refractivity contribution in [2.24, 2.45) is 34.1 Å². The number of carbonyl (C=O) groups is 2. The third-order valence-corrected chi connectivity index (χ3v) is 10.8. The molecule has 0 radical (unpaired) electrons. The number of hydrogen-bond acceptors (Lipinski definition) is 4. The Hall–Kier alpha value is -2.11. The number of aldehydes is 1. The van der Waals surface area contributed by atoms with Crippen LogP contribution < -0.4 is 0 Å². The van der Waals surface area contributed by atoms with Crippen LogP contribution in [0.1, 0.15) is 140 Å². The number of carbonyl (C=O) groups excluding carboxylic acids is 2. The molecule has 0 aliphatic heterocycles. The zero-order valence-corrected chi connectivity index (χ0v) is 34.9. The quantitative estimate of drug-likeness (QED) is 0.0295. The van der Waals surface area contributed by atoms with Gasteiger partial charge in [-0.1, -0.05) is 136 Å². The minimum Gasteiger partial charge on any atom is -0.497 e. The molecule has 1 aliphatic rings. The van der Waals surface area contributed by atoms with E-state index in [1.54, 1.807) is 13.1 Å². The fourth-order valence-electron chi connectivity index (χ4n) is 6.83. The molecule has 5 atom stereocenters. The van der Waals surface area contributed by atoms with Crippen molar-refractivity contribution in [1.82, 2.24) is 4.90 Å². The van der Waals surface area contributed by atoms with E-state index in [9.17, 15) is 4.79 Å². The minimum atomic E-state index is -0.488. The van der Waals surface area contributed by atoms with Gasteiger partial charge in [0.05, 0.1) is 17.7 Å². The second-order valence-electron chi connectivity index (χ2n) is 16.0. The van der Waals surface area contributed by atoms with Gasteiger partial charge >= 0.3 is 0 Å². The van der Waals surface area contributed by atoms with Gasteiger partial charge < -0.3 is 9.64 Å². The molecule has 5 nitrogen and oxygen atoms in total. The highest BCUT2D eigenvalue weighted by molar-refractivity contribution is 6.44. The van der Waals surface area contributed by atoms with E-state index in [1.807, 2.05) is 39.0 Å². The van der Waals surface area contributed by atoms with Crippen molar-refractivity contribution in [2.45, 2.75) is 152 Å². The van der Waals surface area contributed by atoms with E-state index >= 15 is 4.79 Å². The monoisotopic (exact) mass is 732 g/mol. The van der Waals surface area contributed by atoms with Gasteiger partial charge in [0.1, 0.15) is 17.8 Å². The lowest BCUT2D eigenvalue weighted by Gasteiger charge is -2.45. The Bertz CT molecular complexity index is 1240. The molecule has 0 aromatic carbocycles. The molecular formula is C43H70Cl2N2O3. The predicted octanol–water partition coefficient (Wildman–Crippen LogP) is 12.4. The maximum absolute atomic E-state index is 15.1.